The first-order valence-corrected chi connectivity index (χ1v) is 6.03. The van der Waals surface area contributed by atoms with Crippen molar-refractivity contribution in [3.8, 4) is 11.8 Å². The Morgan fingerprint density at radius 1 is 1.25 bits per heavy atom. The SMILES string of the molecule is COc1ncc(NC(=O)COc2ccccc2C)cn1. The highest BCUT2D eigenvalue weighted by Gasteiger charge is 2.06. The molecule has 0 aliphatic rings. The predicted molar refractivity (Wildman–Crippen MR) is 73.9 cm³/mol. The lowest BCUT2D eigenvalue weighted by atomic mass is 10.2. The third-order valence-electron chi connectivity index (χ3n) is 2.55. The Labute approximate surface area is 116 Å². The fourth-order valence-electron chi connectivity index (χ4n) is 1.54. The second kappa shape index (κ2) is 6.51. The van der Waals surface area contributed by atoms with Gasteiger partial charge in [-0.3, -0.25) is 4.79 Å². The van der Waals surface area contributed by atoms with Crippen molar-refractivity contribution in [2.75, 3.05) is 19.0 Å². The second-order valence-corrected chi connectivity index (χ2v) is 4.06. The van der Waals surface area contributed by atoms with Gasteiger partial charge in [-0.2, -0.15) is 0 Å². The zero-order chi connectivity index (χ0) is 14.4. The summed E-state index contributed by atoms with van der Waals surface area (Å²) in [6.07, 6.45) is 2.94. The number of ether oxygens (including phenoxy) is 2. The molecule has 0 aliphatic heterocycles. The van der Waals surface area contributed by atoms with Crippen LogP contribution in [0.4, 0.5) is 5.69 Å². The molecule has 104 valence electrons. The van der Waals surface area contributed by atoms with Crippen LogP contribution in [0.25, 0.3) is 0 Å². The highest BCUT2D eigenvalue weighted by atomic mass is 16.5. The lowest BCUT2D eigenvalue weighted by Gasteiger charge is -2.09. The number of anilines is 1. The van der Waals surface area contributed by atoms with Gasteiger partial charge in [-0.1, -0.05) is 18.2 Å². The number of aryl methyl sites for hydroxylation is 1. The van der Waals surface area contributed by atoms with Gasteiger partial charge in [-0.25, -0.2) is 9.97 Å². The van der Waals surface area contributed by atoms with Crippen molar-refractivity contribution >= 4 is 11.6 Å². The van der Waals surface area contributed by atoms with E-state index in [0.717, 1.165) is 5.56 Å². The van der Waals surface area contributed by atoms with E-state index in [1.54, 1.807) is 0 Å². The maximum absolute atomic E-state index is 11.7. The molecular weight excluding hydrogens is 258 g/mol. The number of nitrogens with zero attached hydrogens (tertiary/aromatic N) is 2. The maximum atomic E-state index is 11.7. The lowest BCUT2D eigenvalue weighted by Crippen LogP contribution is -2.20. The van der Waals surface area contributed by atoms with E-state index < -0.39 is 0 Å². The number of hydrogen-bond acceptors (Lipinski definition) is 5. The summed E-state index contributed by atoms with van der Waals surface area (Å²) in [7, 11) is 1.48. The van der Waals surface area contributed by atoms with Crippen LogP contribution in [0, 0.1) is 6.92 Å². The molecule has 1 amide bonds. The summed E-state index contributed by atoms with van der Waals surface area (Å²) in [6.45, 7) is 1.85. The third-order valence-corrected chi connectivity index (χ3v) is 2.55. The highest BCUT2D eigenvalue weighted by Crippen LogP contribution is 2.16. The van der Waals surface area contributed by atoms with Crippen molar-refractivity contribution in [3.63, 3.8) is 0 Å². The predicted octanol–water partition coefficient (Wildman–Crippen LogP) is 1.81. The number of carbonyl (C=O) groups is 1. The van der Waals surface area contributed by atoms with Crippen molar-refractivity contribution < 1.29 is 14.3 Å². The van der Waals surface area contributed by atoms with Crippen LogP contribution in [0.1, 0.15) is 5.56 Å². The molecule has 2 rings (SSSR count). The van der Waals surface area contributed by atoms with Crippen molar-refractivity contribution in [1.29, 1.82) is 0 Å². The van der Waals surface area contributed by atoms with Gasteiger partial charge in [-0.05, 0) is 18.6 Å². The largest absolute Gasteiger partial charge is 0.483 e. The van der Waals surface area contributed by atoms with E-state index in [1.807, 2.05) is 31.2 Å². The maximum Gasteiger partial charge on any atom is 0.316 e. The van der Waals surface area contributed by atoms with Crippen molar-refractivity contribution in [1.82, 2.24) is 9.97 Å². The number of para-hydroxylation sites is 1. The first kappa shape index (κ1) is 13.8. The number of methoxy groups -OCH3 is 1. The summed E-state index contributed by atoms with van der Waals surface area (Å²) in [4.78, 5) is 19.5. The summed E-state index contributed by atoms with van der Waals surface area (Å²) in [5.74, 6) is 0.413. The van der Waals surface area contributed by atoms with Crippen LogP contribution in [0.3, 0.4) is 0 Å². The quantitative estimate of drug-likeness (QED) is 0.899. The van der Waals surface area contributed by atoms with Crippen LogP contribution in [0.5, 0.6) is 11.8 Å². The first-order chi connectivity index (χ1) is 9.69. The molecule has 6 heteroatoms. The fraction of sp³-hybridized carbons (Fsp3) is 0.214. The van der Waals surface area contributed by atoms with E-state index in [0.29, 0.717) is 11.4 Å². The average Bonchev–Trinajstić information content (AvgIpc) is 2.47. The Kier molecular flexibility index (Phi) is 4.49. The Bertz CT molecular complexity index is 584. The van der Waals surface area contributed by atoms with Crippen LogP contribution < -0.4 is 14.8 Å². The van der Waals surface area contributed by atoms with Gasteiger partial charge in [-0.15, -0.1) is 0 Å². The molecule has 0 bridgehead atoms. The van der Waals surface area contributed by atoms with Crippen molar-refractivity contribution in [3.05, 3.63) is 42.2 Å². The number of nitrogens with one attached hydrogen (secondary N) is 1. The molecule has 1 aromatic carbocycles. The fourth-order valence-corrected chi connectivity index (χ4v) is 1.54. The number of carbonyl (C=O) groups excluding carboxylic acids is 1. The van der Waals surface area contributed by atoms with Crippen LogP contribution in [-0.4, -0.2) is 29.6 Å². The van der Waals surface area contributed by atoms with Gasteiger partial charge in [0, 0.05) is 0 Å². The molecule has 1 heterocycles. The van der Waals surface area contributed by atoms with Gasteiger partial charge in [0.2, 0.25) is 0 Å². The molecule has 20 heavy (non-hydrogen) atoms. The molecule has 0 aliphatic carbocycles. The zero-order valence-electron chi connectivity index (χ0n) is 11.3. The molecule has 2 aromatic rings. The lowest BCUT2D eigenvalue weighted by molar-refractivity contribution is -0.118. The van der Waals surface area contributed by atoms with Gasteiger partial charge < -0.3 is 14.8 Å². The smallest absolute Gasteiger partial charge is 0.316 e. The number of benzene rings is 1. The molecule has 0 radical (unpaired) electrons. The third kappa shape index (κ3) is 3.68. The normalized spacial score (nSPS) is 9.90. The molecule has 0 saturated carbocycles. The van der Waals surface area contributed by atoms with E-state index in [2.05, 4.69) is 15.3 Å². The van der Waals surface area contributed by atoms with Gasteiger partial charge in [0.25, 0.3) is 5.91 Å². The summed E-state index contributed by atoms with van der Waals surface area (Å²) in [5.41, 5.74) is 1.47. The minimum Gasteiger partial charge on any atom is -0.483 e. The summed E-state index contributed by atoms with van der Waals surface area (Å²) in [6, 6.07) is 7.76. The Morgan fingerprint density at radius 2 is 1.95 bits per heavy atom. The van der Waals surface area contributed by atoms with Crippen LogP contribution >= 0.6 is 0 Å². The number of aromatic nitrogens is 2. The molecule has 0 unspecified atom stereocenters. The minimum atomic E-state index is -0.276. The topological polar surface area (TPSA) is 73.3 Å². The van der Waals surface area contributed by atoms with Gasteiger partial charge >= 0.3 is 6.01 Å². The molecule has 0 spiro atoms. The Hall–Kier alpha value is -2.63. The van der Waals surface area contributed by atoms with Gasteiger partial charge in [0.15, 0.2) is 6.61 Å². The molecule has 0 saturated heterocycles. The van der Waals surface area contributed by atoms with Gasteiger partial charge in [0.05, 0.1) is 25.2 Å². The van der Waals surface area contributed by atoms with E-state index in [-0.39, 0.29) is 18.5 Å². The molecule has 6 nitrogen and oxygen atoms in total. The van der Waals surface area contributed by atoms with E-state index in [4.69, 9.17) is 9.47 Å². The van der Waals surface area contributed by atoms with Crippen molar-refractivity contribution in [2.45, 2.75) is 6.92 Å². The molecular formula is C14H15N3O3. The molecule has 1 aromatic heterocycles. The standard InChI is InChI=1S/C14H15N3O3/c1-10-5-3-4-6-12(10)20-9-13(18)17-11-7-15-14(19-2)16-8-11/h3-8H,9H2,1-2H3,(H,17,18). The van der Waals surface area contributed by atoms with Crippen LogP contribution in [0.2, 0.25) is 0 Å². The number of amides is 1. The zero-order valence-corrected chi connectivity index (χ0v) is 11.3. The van der Waals surface area contributed by atoms with Crippen LogP contribution in [-0.2, 0) is 4.79 Å². The molecule has 1 N–H and O–H groups in total. The van der Waals surface area contributed by atoms with Crippen molar-refractivity contribution in [2.24, 2.45) is 0 Å². The highest BCUT2D eigenvalue weighted by molar-refractivity contribution is 5.91. The number of rotatable bonds is 5. The monoisotopic (exact) mass is 273 g/mol. The second-order valence-electron chi connectivity index (χ2n) is 4.06. The molecule has 0 fully saturated rings. The minimum absolute atomic E-state index is 0.0725. The first-order valence-electron chi connectivity index (χ1n) is 6.03. The number of hydrogen-bond donors (Lipinski definition) is 1. The molecule has 0 atom stereocenters. The Morgan fingerprint density at radius 3 is 2.60 bits per heavy atom. The van der Waals surface area contributed by atoms with Gasteiger partial charge in [0.1, 0.15) is 5.75 Å². The summed E-state index contributed by atoms with van der Waals surface area (Å²) in [5, 5.41) is 2.64. The van der Waals surface area contributed by atoms with E-state index >= 15 is 0 Å². The van der Waals surface area contributed by atoms with E-state index in [1.165, 1.54) is 19.5 Å². The van der Waals surface area contributed by atoms with Crippen LogP contribution in [0.15, 0.2) is 36.7 Å². The summed E-state index contributed by atoms with van der Waals surface area (Å²) < 4.78 is 10.3. The Balaban J connectivity index is 1.87. The summed E-state index contributed by atoms with van der Waals surface area (Å²) >= 11 is 0. The average molecular weight is 273 g/mol. The van der Waals surface area contributed by atoms with E-state index in [9.17, 15) is 4.79 Å².